The number of nitrogens with two attached hydrogens (primary N) is 1. The van der Waals surface area contributed by atoms with E-state index in [1.165, 1.54) is 12.3 Å². The second kappa shape index (κ2) is 9.85. The van der Waals surface area contributed by atoms with E-state index in [4.69, 9.17) is 10.5 Å². The Bertz CT molecular complexity index is 1320. The summed E-state index contributed by atoms with van der Waals surface area (Å²) in [5.74, 6) is -1.34. The maximum absolute atomic E-state index is 15.3. The summed E-state index contributed by atoms with van der Waals surface area (Å²) in [5.41, 5.74) is 9.32. The van der Waals surface area contributed by atoms with Crippen LogP contribution in [0.15, 0.2) is 24.4 Å². The molecule has 0 bridgehead atoms. The number of halogens is 4. The minimum absolute atomic E-state index is 0.0641. The minimum atomic E-state index is -4.85. The molecule has 1 aliphatic heterocycles. The highest BCUT2D eigenvalue weighted by atomic mass is 19.4. The molecule has 3 heterocycles. The van der Waals surface area contributed by atoms with Crippen molar-refractivity contribution in [3.05, 3.63) is 52.6 Å². The SMILES string of the molecule is COC1CCCc2[nH]c3ncc(F)c(C4CCN(C(=O)c5ccc(OC(F)(F)F)cc5N)CC4)c3c2C1. The van der Waals surface area contributed by atoms with Gasteiger partial charge in [0.15, 0.2) is 0 Å². The molecular formula is C26H28F4N4O3. The number of methoxy groups -OCH3 is 1. The van der Waals surface area contributed by atoms with E-state index in [0.29, 0.717) is 43.6 Å². The van der Waals surface area contributed by atoms with Crippen LogP contribution in [-0.4, -0.2) is 53.4 Å². The molecule has 0 radical (unpaired) electrons. The number of carbonyl (C=O) groups is 1. The topological polar surface area (TPSA) is 93.5 Å². The number of nitrogens with zero attached hydrogens (tertiary/aromatic N) is 2. The van der Waals surface area contributed by atoms with Crippen LogP contribution in [0.1, 0.15) is 58.8 Å². The molecule has 5 rings (SSSR count). The third-order valence-corrected chi connectivity index (χ3v) is 7.40. The number of piperidine rings is 1. The first-order valence-corrected chi connectivity index (χ1v) is 12.3. The standard InChI is InChI=1S/C26H28F4N4O3/c1-36-15-3-2-4-21-18(11-15)23-22(19(27)13-32-24(23)33-21)14-7-9-34(10-8-14)25(35)17-6-5-16(12-20(17)31)37-26(28,29)30/h5-6,12-15H,2-4,7-11,31H2,1H3,(H,32,33). The molecule has 1 aromatic carbocycles. The number of carbonyl (C=O) groups excluding carboxylic acids is 1. The molecule has 0 saturated carbocycles. The molecule has 2 aromatic heterocycles. The first-order chi connectivity index (χ1) is 17.6. The molecule has 2 aliphatic rings. The largest absolute Gasteiger partial charge is 0.573 e. The van der Waals surface area contributed by atoms with Gasteiger partial charge in [0.1, 0.15) is 17.2 Å². The number of hydrogen-bond acceptors (Lipinski definition) is 5. The maximum Gasteiger partial charge on any atom is 0.573 e. The van der Waals surface area contributed by atoms with Gasteiger partial charge in [0.25, 0.3) is 5.91 Å². The monoisotopic (exact) mass is 520 g/mol. The molecule has 1 fully saturated rings. The van der Waals surface area contributed by atoms with Gasteiger partial charge in [-0.2, -0.15) is 0 Å². The van der Waals surface area contributed by atoms with Gasteiger partial charge in [0, 0.05) is 55.0 Å². The number of ether oxygens (including phenoxy) is 2. The van der Waals surface area contributed by atoms with Crippen LogP contribution < -0.4 is 10.5 Å². The van der Waals surface area contributed by atoms with Crippen LogP contribution in [0.5, 0.6) is 5.75 Å². The number of anilines is 1. The summed E-state index contributed by atoms with van der Waals surface area (Å²) in [6.07, 6.45) is 0.987. The average molecular weight is 521 g/mol. The van der Waals surface area contributed by atoms with Crippen molar-refractivity contribution in [1.82, 2.24) is 14.9 Å². The number of likely N-dealkylation sites (tertiary alicyclic amines) is 1. The van der Waals surface area contributed by atoms with Crippen LogP contribution in [-0.2, 0) is 17.6 Å². The Kier molecular flexibility index (Phi) is 6.74. The maximum atomic E-state index is 15.3. The third-order valence-electron chi connectivity index (χ3n) is 7.40. The van der Waals surface area contributed by atoms with Gasteiger partial charge in [-0.15, -0.1) is 13.2 Å². The number of aromatic nitrogens is 2. The number of nitrogen functional groups attached to an aromatic ring is 1. The molecule has 1 saturated heterocycles. The predicted octanol–water partition coefficient (Wildman–Crippen LogP) is 5.10. The highest BCUT2D eigenvalue weighted by Crippen LogP contribution is 2.39. The van der Waals surface area contributed by atoms with Crippen molar-refractivity contribution in [2.45, 2.75) is 56.9 Å². The Balaban J connectivity index is 1.36. The molecule has 7 nitrogen and oxygen atoms in total. The van der Waals surface area contributed by atoms with Crippen LogP contribution in [0.3, 0.4) is 0 Å². The molecule has 1 atom stereocenters. The summed E-state index contributed by atoms with van der Waals surface area (Å²) in [6, 6.07) is 3.29. The number of aryl methyl sites for hydroxylation is 1. The molecule has 11 heteroatoms. The Hall–Kier alpha value is -3.34. The van der Waals surface area contributed by atoms with Crippen molar-refractivity contribution in [2.75, 3.05) is 25.9 Å². The Morgan fingerprint density at radius 2 is 1.97 bits per heavy atom. The molecule has 37 heavy (non-hydrogen) atoms. The van der Waals surface area contributed by atoms with E-state index < -0.39 is 12.1 Å². The van der Waals surface area contributed by atoms with E-state index in [1.54, 1.807) is 12.0 Å². The van der Waals surface area contributed by atoms with E-state index in [-0.39, 0.29) is 35.0 Å². The first-order valence-electron chi connectivity index (χ1n) is 12.3. The number of H-pyrrole nitrogens is 1. The highest BCUT2D eigenvalue weighted by Gasteiger charge is 2.33. The normalized spacial score (nSPS) is 19.1. The van der Waals surface area contributed by atoms with E-state index in [1.807, 2.05) is 0 Å². The lowest BCUT2D eigenvalue weighted by atomic mass is 9.86. The summed E-state index contributed by atoms with van der Waals surface area (Å²) in [5, 5.41) is 0.827. The van der Waals surface area contributed by atoms with Gasteiger partial charge in [-0.3, -0.25) is 4.79 Å². The fraction of sp³-hybridized carbons (Fsp3) is 0.462. The van der Waals surface area contributed by atoms with E-state index in [9.17, 15) is 18.0 Å². The second-order valence-corrected chi connectivity index (χ2v) is 9.64. The number of pyridine rings is 1. The third kappa shape index (κ3) is 5.09. The summed E-state index contributed by atoms with van der Waals surface area (Å²) in [7, 11) is 1.70. The molecule has 3 N–H and O–H groups in total. The number of benzene rings is 1. The summed E-state index contributed by atoms with van der Waals surface area (Å²) >= 11 is 0. The zero-order valence-electron chi connectivity index (χ0n) is 20.3. The number of rotatable bonds is 4. The summed E-state index contributed by atoms with van der Waals surface area (Å²) in [4.78, 5) is 22.4. The quantitative estimate of drug-likeness (QED) is 0.284. The van der Waals surface area contributed by atoms with Crippen molar-refractivity contribution in [3.63, 3.8) is 0 Å². The Morgan fingerprint density at radius 1 is 1.22 bits per heavy atom. The highest BCUT2D eigenvalue weighted by molar-refractivity contribution is 5.99. The van der Waals surface area contributed by atoms with Gasteiger partial charge < -0.3 is 25.1 Å². The number of alkyl halides is 3. The van der Waals surface area contributed by atoms with E-state index in [2.05, 4.69) is 14.7 Å². The molecule has 198 valence electrons. The van der Waals surface area contributed by atoms with Crippen LogP contribution in [0.25, 0.3) is 11.0 Å². The first kappa shape index (κ1) is 25.3. The van der Waals surface area contributed by atoms with E-state index >= 15 is 4.39 Å². The number of amides is 1. The molecular weight excluding hydrogens is 492 g/mol. The van der Waals surface area contributed by atoms with Gasteiger partial charge in [-0.1, -0.05) is 0 Å². The van der Waals surface area contributed by atoms with Crippen molar-refractivity contribution >= 4 is 22.6 Å². The van der Waals surface area contributed by atoms with Crippen LogP contribution in [0.4, 0.5) is 23.2 Å². The Morgan fingerprint density at radius 3 is 2.65 bits per heavy atom. The second-order valence-electron chi connectivity index (χ2n) is 9.64. The molecule has 1 unspecified atom stereocenters. The fourth-order valence-corrected chi connectivity index (χ4v) is 5.62. The van der Waals surface area contributed by atoms with Crippen LogP contribution in [0.2, 0.25) is 0 Å². The van der Waals surface area contributed by atoms with Gasteiger partial charge >= 0.3 is 6.36 Å². The molecule has 3 aromatic rings. The van der Waals surface area contributed by atoms with E-state index in [0.717, 1.165) is 48.0 Å². The number of hydrogen-bond donors (Lipinski definition) is 2. The van der Waals surface area contributed by atoms with Gasteiger partial charge in [0.05, 0.1) is 17.9 Å². The lowest BCUT2D eigenvalue weighted by Gasteiger charge is -2.33. The number of aromatic amines is 1. The zero-order chi connectivity index (χ0) is 26.3. The van der Waals surface area contributed by atoms with Gasteiger partial charge in [-0.25, -0.2) is 9.37 Å². The minimum Gasteiger partial charge on any atom is -0.406 e. The molecule has 1 amide bonds. The van der Waals surface area contributed by atoms with Crippen LogP contribution in [0, 0.1) is 5.82 Å². The van der Waals surface area contributed by atoms with Crippen LogP contribution >= 0.6 is 0 Å². The fourth-order valence-electron chi connectivity index (χ4n) is 5.62. The number of nitrogens with one attached hydrogen (secondary N) is 1. The van der Waals surface area contributed by atoms with Crippen molar-refractivity contribution < 1.29 is 31.8 Å². The molecule has 1 aliphatic carbocycles. The Labute approximate surface area is 210 Å². The lowest BCUT2D eigenvalue weighted by molar-refractivity contribution is -0.274. The zero-order valence-corrected chi connectivity index (χ0v) is 20.3. The van der Waals surface area contributed by atoms with Gasteiger partial charge in [-0.05, 0) is 55.7 Å². The van der Waals surface area contributed by atoms with Crippen molar-refractivity contribution in [3.8, 4) is 5.75 Å². The van der Waals surface area contributed by atoms with Crippen molar-refractivity contribution in [2.24, 2.45) is 0 Å². The predicted molar refractivity (Wildman–Crippen MR) is 129 cm³/mol. The summed E-state index contributed by atoms with van der Waals surface area (Å²) in [6.45, 7) is 0.723. The lowest BCUT2D eigenvalue weighted by Crippen LogP contribution is -2.38. The smallest absolute Gasteiger partial charge is 0.406 e. The average Bonchev–Trinajstić information content (AvgIpc) is 3.06. The summed E-state index contributed by atoms with van der Waals surface area (Å²) < 4.78 is 62.2. The number of fused-ring (bicyclic) bond motifs is 3. The van der Waals surface area contributed by atoms with Gasteiger partial charge in [0.2, 0.25) is 0 Å². The van der Waals surface area contributed by atoms with Crippen molar-refractivity contribution in [1.29, 1.82) is 0 Å². The molecule has 0 spiro atoms.